The molecule has 1 aromatic heterocycles. The van der Waals surface area contributed by atoms with Crippen LogP contribution in [0.25, 0.3) is 0 Å². The predicted molar refractivity (Wildman–Crippen MR) is 162 cm³/mol. The first-order chi connectivity index (χ1) is 18.8. The Balaban J connectivity index is 1.94. The van der Waals surface area contributed by atoms with Crippen LogP contribution in [0.3, 0.4) is 0 Å². The summed E-state index contributed by atoms with van der Waals surface area (Å²) in [6.07, 6.45) is 0.434. The van der Waals surface area contributed by atoms with Gasteiger partial charge in [0.1, 0.15) is 12.4 Å². The molecule has 3 rings (SSSR count). The molecule has 1 unspecified atom stereocenters. The lowest BCUT2D eigenvalue weighted by Crippen LogP contribution is -2.41. The number of benzene rings is 2. The molecule has 0 aliphatic heterocycles. The first-order valence-electron chi connectivity index (χ1n) is 14.0. The van der Waals surface area contributed by atoms with Crippen molar-refractivity contribution in [3.05, 3.63) is 83.3 Å². The van der Waals surface area contributed by atoms with Gasteiger partial charge < -0.3 is 19.2 Å². The summed E-state index contributed by atoms with van der Waals surface area (Å²) in [5.41, 5.74) is 1.77. The van der Waals surface area contributed by atoms with E-state index >= 15 is 0 Å². The molecule has 0 aliphatic carbocycles. The average molecular weight is 564 g/mol. The van der Waals surface area contributed by atoms with E-state index in [0.717, 1.165) is 11.1 Å². The van der Waals surface area contributed by atoms with Gasteiger partial charge in [-0.2, -0.15) is 4.98 Å². The Morgan fingerprint density at radius 2 is 1.57 bits per heavy atom. The molecular weight excluding hydrogens is 518 g/mol. The molecule has 8 heteroatoms. The van der Waals surface area contributed by atoms with Crippen molar-refractivity contribution in [2.45, 2.75) is 84.5 Å². The van der Waals surface area contributed by atoms with Crippen molar-refractivity contribution in [3.8, 4) is 11.6 Å². The number of hydrogen-bond acceptors (Lipinski definition) is 6. The molecule has 0 fully saturated rings. The standard InChI is InChI=1S/C32H45N3O4Si/c1-23(2)35(19-20-39-40(8)31(3,4)5)30(37)27-28(38-22-24-15-11-9-12-16-24)29(36)34-26(33-27)21-32(6,7)25-17-13-10-14-18-25/h9-18,23,40H,19-22H2,1-8H3,(H,33,34,36). The zero-order valence-electron chi connectivity index (χ0n) is 25.3. The van der Waals surface area contributed by atoms with E-state index < -0.39 is 9.04 Å². The van der Waals surface area contributed by atoms with Crippen LogP contribution in [0.15, 0.2) is 60.7 Å². The largest absolute Gasteiger partial charge is 0.491 e. The third-order valence-corrected chi connectivity index (χ3v) is 10.5. The molecule has 0 saturated heterocycles. The highest BCUT2D eigenvalue weighted by Crippen LogP contribution is 2.33. The van der Waals surface area contributed by atoms with Crippen molar-refractivity contribution >= 4 is 14.9 Å². The van der Waals surface area contributed by atoms with Gasteiger partial charge in [0.25, 0.3) is 11.8 Å². The summed E-state index contributed by atoms with van der Waals surface area (Å²) >= 11 is 0. The van der Waals surface area contributed by atoms with E-state index in [9.17, 15) is 9.90 Å². The second kappa shape index (κ2) is 13.4. The molecule has 3 aromatic rings. The lowest BCUT2D eigenvalue weighted by atomic mass is 9.81. The number of ether oxygens (including phenoxy) is 1. The number of carbonyl (C=O) groups is 1. The minimum Gasteiger partial charge on any atom is -0.491 e. The van der Waals surface area contributed by atoms with Crippen molar-refractivity contribution in [1.82, 2.24) is 14.9 Å². The van der Waals surface area contributed by atoms with Crippen LogP contribution in [0.2, 0.25) is 11.6 Å². The first-order valence-corrected chi connectivity index (χ1v) is 16.2. The molecule has 0 aliphatic rings. The lowest BCUT2D eigenvalue weighted by molar-refractivity contribution is 0.0659. The molecule has 0 bridgehead atoms. The number of nitrogens with zero attached hydrogens (tertiary/aromatic N) is 3. The summed E-state index contributed by atoms with van der Waals surface area (Å²) in [7, 11) is -1.44. The van der Waals surface area contributed by atoms with Crippen molar-refractivity contribution < 1.29 is 19.1 Å². The zero-order valence-corrected chi connectivity index (χ0v) is 26.4. The molecule has 0 saturated carbocycles. The van der Waals surface area contributed by atoms with Gasteiger partial charge in [-0.1, -0.05) is 95.3 Å². The van der Waals surface area contributed by atoms with Gasteiger partial charge in [0.2, 0.25) is 5.75 Å². The van der Waals surface area contributed by atoms with Gasteiger partial charge >= 0.3 is 0 Å². The van der Waals surface area contributed by atoms with Crippen LogP contribution in [0.4, 0.5) is 0 Å². The van der Waals surface area contributed by atoms with Crippen LogP contribution in [0.1, 0.15) is 75.9 Å². The van der Waals surface area contributed by atoms with Gasteiger partial charge in [-0.25, -0.2) is 4.98 Å². The Hall–Kier alpha value is -3.23. The first kappa shape index (κ1) is 31.3. The van der Waals surface area contributed by atoms with Gasteiger partial charge in [0.05, 0.1) is 6.61 Å². The molecule has 1 amide bonds. The Kier molecular flexibility index (Phi) is 10.5. The number of carbonyl (C=O) groups excluding carboxylic acids is 1. The maximum absolute atomic E-state index is 14.0. The smallest absolute Gasteiger partial charge is 0.276 e. The van der Waals surface area contributed by atoms with Crippen LogP contribution >= 0.6 is 0 Å². The van der Waals surface area contributed by atoms with Crippen molar-refractivity contribution in [2.75, 3.05) is 13.2 Å². The van der Waals surface area contributed by atoms with E-state index in [1.165, 1.54) is 0 Å². The fourth-order valence-electron chi connectivity index (χ4n) is 4.27. The Bertz CT molecular complexity index is 1240. The maximum atomic E-state index is 14.0. The molecule has 40 heavy (non-hydrogen) atoms. The minimum atomic E-state index is -1.44. The van der Waals surface area contributed by atoms with Crippen LogP contribution in [-0.4, -0.2) is 54.1 Å². The van der Waals surface area contributed by atoms with Crippen LogP contribution in [-0.2, 0) is 22.9 Å². The predicted octanol–water partition coefficient (Wildman–Crippen LogP) is 6.30. The molecule has 1 heterocycles. The average Bonchev–Trinajstić information content (AvgIpc) is 2.90. The summed E-state index contributed by atoms with van der Waals surface area (Å²) in [6, 6.07) is 19.6. The fourth-order valence-corrected chi connectivity index (χ4v) is 5.22. The number of aromatic hydroxyl groups is 1. The lowest BCUT2D eigenvalue weighted by Gasteiger charge is -2.30. The quantitative estimate of drug-likeness (QED) is 0.260. The van der Waals surface area contributed by atoms with Crippen LogP contribution in [0, 0.1) is 0 Å². The number of amides is 1. The van der Waals surface area contributed by atoms with Crippen molar-refractivity contribution in [3.63, 3.8) is 0 Å². The normalized spacial score (nSPS) is 12.8. The summed E-state index contributed by atoms with van der Waals surface area (Å²) < 4.78 is 12.2. The van der Waals surface area contributed by atoms with E-state index in [1.54, 1.807) is 4.90 Å². The van der Waals surface area contributed by atoms with Gasteiger partial charge in [-0.3, -0.25) is 4.79 Å². The molecule has 0 radical (unpaired) electrons. The summed E-state index contributed by atoms with van der Waals surface area (Å²) in [5.74, 6) is -0.264. The Morgan fingerprint density at radius 3 is 2.15 bits per heavy atom. The monoisotopic (exact) mass is 563 g/mol. The highest BCUT2D eigenvalue weighted by molar-refractivity contribution is 6.53. The second-order valence-electron chi connectivity index (χ2n) is 12.3. The molecule has 1 atom stereocenters. The third-order valence-electron chi connectivity index (χ3n) is 7.28. The molecular formula is C32H45N3O4Si. The van der Waals surface area contributed by atoms with E-state index in [1.807, 2.05) is 62.4 Å². The highest BCUT2D eigenvalue weighted by atomic mass is 28.3. The van der Waals surface area contributed by atoms with E-state index in [2.05, 4.69) is 58.3 Å². The summed E-state index contributed by atoms with van der Waals surface area (Å²) in [6.45, 7) is 17.9. The number of rotatable bonds is 12. The fraction of sp³-hybridized carbons (Fsp3) is 0.469. The Morgan fingerprint density at radius 1 is 0.975 bits per heavy atom. The molecule has 2 aromatic carbocycles. The van der Waals surface area contributed by atoms with Gasteiger partial charge in [0, 0.05) is 19.0 Å². The van der Waals surface area contributed by atoms with Crippen LogP contribution < -0.4 is 4.74 Å². The maximum Gasteiger partial charge on any atom is 0.276 e. The van der Waals surface area contributed by atoms with Gasteiger partial charge in [-0.05, 0) is 42.0 Å². The summed E-state index contributed by atoms with van der Waals surface area (Å²) in [4.78, 5) is 24.9. The Labute approximate surface area is 241 Å². The van der Waals surface area contributed by atoms with Crippen molar-refractivity contribution in [1.29, 1.82) is 0 Å². The van der Waals surface area contributed by atoms with Gasteiger partial charge in [-0.15, -0.1) is 0 Å². The molecule has 0 spiro atoms. The molecule has 7 nitrogen and oxygen atoms in total. The van der Waals surface area contributed by atoms with E-state index in [4.69, 9.17) is 14.1 Å². The second-order valence-corrected chi connectivity index (χ2v) is 15.7. The van der Waals surface area contributed by atoms with E-state index in [0.29, 0.717) is 25.4 Å². The van der Waals surface area contributed by atoms with Gasteiger partial charge in [0.15, 0.2) is 14.7 Å². The molecule has 1 N–H and O–H groups in total. The summed E-state index contributed by atoms with van der Waals surface area (Å²) in [5, 5.41) is 11.2. The van der Waals surface area contributed by atoms with Crippen molar-refractivity contribution in [2.24, 2.45) is 0 Å². The van der Waals surface area contributed by atoms with E-state index in [-0.39, 0.29) is 46.3 Å². The number of hydrogen-bond donors (Lipinski definition) is 1. The topological polar surface area (TPSA) is 84.8 Å². The SMILES string of the molecule is CC(C)N(CCO[SiH](C)C(C)(C)C)C(=O)c1nc(CC(C)(C)c2ccccc2)nc(O)c1OCc1ccccc1. The van der Waals surface area contributed by atoms with Crippen LogP contribution in [0.5, 0.6) is 11.6 Å². The zero-order chi connectivity index (χ0) is 29.5. The number of aromatic nitrogens is 2. The highest BCUT2D eigenvalue weighted by Gasteiger charge is 2.30. The minimum absolute atomic E-state index is 0.000812. The molecule has 216 valence electrons. The third kappa shape index (κ3) is 8.38.